The van der Waals surface area contributed by atoms with Gasteiger partial charge < -0.3 is 14.8 Å². The topological polar surface area (TPSA) is 102 Å². The van der Waals surface area contributed by atoms with Gasteiger partial charge in [-0.2, -0.15) is 5.10 Å². The number of nitrogens with one attached hydrogen (secondary N) is 2. The van der Waals surface area contributed by atoms with Gasteiger partial charge in [-0.25, -0.2) is 15.0 Å². The quantitative estimate of drug-likeness (QED) is 0.482. The van der Waals surface area contributed by atoms with Crippen molar-refractivity contribution in [1.82, 2.24) is 30.3 Å². The van der Waals surface area contributed by atoms with E-state index >= 15 is 0 Å². The van der Waals surface area contributed by atoms with E-state index in [0.29, 0.717) is 43.8 Å². The van der Waals surface area contributed by atoms with Gasteiger partial charge in [0.2, 0.25) is 0 Å². The SMILES string of the molecule is C=C1NN=C(Cc2cccc(C(=O)N3CCN(c4ncnc5nc[nH]c45)CC3)c2)c2ccccc21. The van der Waals surface area contributed by atoms with Gasteiger partial charge in [0.15, 0.2) is 11.5 Å². The molecule has 4 aromatic rings. The predicted molar refractivity (Wildman–Crippen MR) is 135 cm³/mol. The minimum atomic E-state index is 0.0401. The molecule has 0 radical (unpaired) electrons. The van der Waals surface area contributed by atoms with Crippen LogP contribution in [0.15, 0.2) is 72.9 Å². The molecule has 0 aliphatic carbocycles. The minimum absolute atomic E-state index is 0.0401. The Balaban J connectivity index is 1.15. The molecular weight excluding hydrogens is 440 g/mol. The summed E-state index contributed by atoms with van der Waals surface area (Å²) in [6.45, 7) is 6.67. The maximum atomic E-state index is 13.3. The molecule has 0 atom stereocenters. The van der Waals surface area contributed by atoms with E-state index in [4.69, 9.17) is 0 Å². The molecule has 9 nitrogen and oxygen atoms in total. The number of piperazine rings is 1. The maximum Gasteiger partial charge on any atom is 0.253 e. The van der Waals surface area contributed by atoms with Crippen molar-refractivity contribution in [2.24, 2.45) is 5.10 Å². The fraction of sp³-hybridized carbons (Fsp3) is 0.192. The van der Waals surface area contributed by atoms with Crippen LogP contribution in [-0.2, 0) is 6.42 Å². The number of carbonyl (C=O) groups is 1. The van der Waals surface area contributed by atoms with Crippen LogP contribution in [0.2, 0.25) is 0 Å². The average Bonchev–Trinajstić information content (AvgIpc) is 3.40. The molecule has 0 bridgehead atoms. The third-order valence-electron chi connectivity index (χ3n) is 6.50. The standard InChI is InChI=1S/C26H24N8O/c1-17-20-7-2-3-8-21(20)22(32-31-17)14-18-5-4-6-19(13-18)26(35)34-11-9-33(10-12-34)25-23-24(28-15-27-23)29-16-30-25/h2-8,13,15-16,31H,1,9-12,14H2,(H,27,28,29,30). The molecule has 0 saturated carbocycles. The van der Waals surface area contributed by atoms with E-state index in [1.54, 1.807) is 6.33 Å². The first-order valence-electron chi connectivity index (χ1n) is 11.6. The van der Waals surface area contributed by atoms with E-state index in [-0.39, 0.29) is 5.91 Å². The van der Waals surface area contributed by atoms with E-state index in [2.05, 4.69) is 48.0 Å². The first-order chi connectivity index (χ1) is 17.2. The lowest BCUT2D eigenvalue weighted by molar-refractivity contribution is 0.0746. The molecule has 2 N–H and O–H groups in total. The number of hydrogen-bond acceptors (Lipinski definition) is 7. The number of carbonyl (C=O) groups excluding carboxylic acids is 1. The molecule has 35 heavy (non-hydrogen) atoms. The number of H-pyrrole nitrogens is 1. The fourth-order valence-corrected chi connectivity index (χ4v) is 4.69. The van der Waals surface area contributed by atoms with Gasteiger partial charge in [0.1, 0.15) is 11.8 Å². The van der Waals surface area contributed by atoms with Gasteiger partial charge in [-0.1, -0.05) is 43.0 Å². The van der Waals surface area contributed by atoms with Crippen molar-refractivity contribution in [3.05, 3.63) is 90.0 Å². The van der Waals surface area contributed by atoms with E-state index in [9.17, 15) is 4.79 Å². The summed E-state index contributed by atoms with van der Waals surface area (Å²) >= 11 is 0. The molecule has 0 unspecified atom stereocenters. The van der Waals surface area contributed by atoms with Crippen LogP contribution in [0.4, 0.5) is 5.82 Å². The van der Waals surface area contributed by atoms with Crippen LogP contribution in [0.5, 0.6) is 0 Å². The number of hydrogen-bond donors (Lipinski definition) is 2. The van der Waals surface area contributed by atoms with Crippen molar-refractivity contribution in [3.8, 4) is 0 Å². The molecular formula is C26H24N8O. The van der Waals surface area contributed by atoms with Crippen LogP contribution in [0.1, 0.15) is 27.0 Å². The zero-order valence-corrected chi connectivity index (χ0v) is 19.1. The Morgan fingerprint density at radius 1 is 0.971 bits per heavy atom. The first-order valence-corrected chi connectivity index (χ1v) is 11.6. The third-order valence-corrected chi connectivity index (χ3v) is 6.50. The number of imidazole rings is 1. The molecule has 9 heteroatoms. The lowest BCUT2D eigenvalue weighted by atomic mass is 9.95. The number of benzene rings is 2. The highest BCUT2D eigenvalue weighted by atomic mass is 16.2. The van der Waals surface area contributed by atoms with Crippen LogP contribution in [0.25, 0.3) is 16.9 Å². The normalized spacial score (nSPS) is 15.5. The Kier molecular flexibility index (Phi) is 5.21. The monoisotopic (exact) mass is 464 g/mol. The summed E-state index contributed by atoms with van der Waals surface area (Å²) in [5.41, 5.74) is 10.1. The third kappa shape index (κ3) is 3.90. The number of rotatable bonds is 4. The van der Waals surface area contributed by atoms with Crippen LogP contribution < -0.4 is 10.3 Å². The zero-order valence-electron chi connectivity index (χ0n) is 19.1. The van der Waals surface area contributed by atoms with Crippen molar-refractivity contribution in [2.75, 3.05) is 31.1 Å². The molecule has 2 aliphatic heterocycles. The van der Waals surface area contributed by atoms with E-state index < -0.39 is 0 Å². The van der Waals surface area contributed by atoms with Crippen LogP contribution in [0, 0.1) is 0 Å². The Labute approximate surface area is 202 Å². The fourth-order valence-electron chi connectivity index (χ4n) is 4.69. The van der Waals surface area contributed by atoms with Gasteiger partial charge in [-0.15, -0.1) is 0 Å². The summed E-state index contributed by atoms with van der Waals surface area (Å²) in [7, 11) is 0. The minimum Gasteiger partial charge on any atom is -0.351 e. The number of aromatic amines is 1. The number of anilines is 1. The largest absolute Gasteiger partial charge is 0.351 e. The second-order valence-corrected chi connectivity index (χ2v) is 8.65. The number of fused-ring (bicyclic) bond motifs is 2. The molecule has 1 saturated heterocycles. The molecule has 2 aromatic carbocycles. The van der Waals surface area contributed by atoms with Crippen LogP contribution in [0.3, 0.4) is 0 Å². The molecule has 1 fully saturated rings. The average molecular weight is 465 g/mol. The predicted octanol–water partition coefficient (Wildman–Crippen LogP) is 2.84. The highest BCUT2D eigenvalue weighted by Crippen LogP contribution is 2.24. The summed E-state index contributed by atoms with van der Waals surface area (Å²) in [4.78, 5) is 33.3. The lowest BCUT2D eigenvalue weighted by Gasteiger charge is -2.35. The van der Waals surface area contributed by atoms with Crippen LogP contribution >= 0.6 is 0 Å². The van der Waals surface area contributed by atoms with E-state index in [1.807, 2.05) is 47.4 Å². The Morgan fingerprint density at radius 2 is 1.80 bits per heavy atom. The lowest BCUT2D eigenvalue weighted by Crippen LogP contribution is -2.49. The smallest absolute Gasteiger partial charge is 0.253 e. The van der Waals surface area contributed by atoms with Crippen molar-refractivity contribution >= 4 is 34.3 Å². The summed E-state index contributed by atoms with van der Waals surface area (Å²) in [6.07, 6.45) is 3.78. The highest BCUT2D eigenvalue weighted by molar-refractivity contribution is 6.07. The Morgan fingerprint density at radius 3 is 2.66 bits per heavy atom. The molecule has 0 spiro atoms. The molecule has 2 aromatic heterocycles. The van der Waals surface area contributed by atoms with Gasteiger partial charge in [0.25, 0.3) is 5.91 Å². The Bertz CT molecular complexity index is 1470. The summed E-state index contributed by atoms with van der Waals surface area (Å²) in [6, 6.07) is 15.9. The highest BCUT2D eigenvalue weighted by Gasteiger charge is 2.25. The number of nitrogens with zero attached hydrogens (tertiary/aromatic N) is 6. The molecule has 1 amide bonds. The summed E-state index contributed by atoms with van der Waals surface area (Å²) in [5, 5.41) is 4.52. The second-order valence-electron chi connectivity index (χ2n) is 8.65. The zero-order chi connectivity index (χ0) is 23.8. The molecule has 4 heterocycles. The number of amides is 1. The number of aromatic nitrogens is 4. The Hall–Kier alpha value is -4.53. The summed E-state index contributed by atoms with van der Waals surface area (Å²) in [5.74, 6) is 0.866. The van der Waals surface area contributed by atoms with Gasteiger partial charge in [-0.05, 0) is 17.7 Å². The van der Waals surface area contributed by atoms with Crippen molar-refractivity contribution in [3.63, 3.8) is 0 Å². The van der Waals surface area contributed by atoms with Gasteiger partial charge in [0, 0.05) is 49.3 Å². The molecule has 2 aliphatic rings. The maximum absolute atomic E-state index is 13.3. The van der Waals surface area contributed by atoms with E-state index in [0.717, 1.165) is 39.4 Å². The second kappa shape index (κ2) is 8.68. The van der Waals surface area contributed by atoms with Crippen molar-refractivity contribution in [1.29, 1.82) is 0 Å². The molecule has 174 valence electrons. The van der Waals surface area contributed by atoms with Crippen molar-refractivity contribution < 1.29 is 4.79 Å². The first kappa shape index (κ1) is 21.0. The van der Waals surface area contributed by atoms with Crippen molar-refractivity contribution in [2.45, 2.75) is 6.42 Å². The van der Waals surface area contributed by atoms with Gasteiger partial charge >= 0.3 is 0 Å². The van der Waals surface area contributed by atoms with E-state index in [1.165, 1.54) is 6.33 Å². The van der Waals surface area contributed by atoms with Crippen LogP contribution in [-0.4, -0.2) is 62.6 Å². The number of hydrazone groups is 1. The van der Waals surface area contributed by atoms with Gasteiger partial charge in [-0.3, -0.25) is 10.2 Å². The summed E-state index contributed by atoms with van der Waals surface area (Å²) < 4.78 is 0. The van der Waals surface area contributed by atoms with Gasteiger partial charge in [0.05, 0.1) is 17.7 Å². The molecule has 6 rings (SSSR count).